The molecule has 0 amide bonds. The third-order valence-electron chi connectivity index (χ3n) is 3.68. The second-order valence-corrected chi connectivity index (χ2v) is 6.05. The molecule has 1 aliphatic rings. The zero-order valence-electron chi connectivity index (χ0n) is 10.9. The molecule has 100 valence electrons. The minimum Gasteiger partial charge on any atom is -0.492 e. The zero-order chi connectivity index (χ0) is 13.0. The minimum atomic E-state index is -0.0479. The highest BCUT2D eigenvalue weighted by molar-refractivity contribution is 9.10. The van der Waals surface area contributed by atoms with Crippen LogP contribution in [0.5, 0.6) is 5.75 Å². The lowest BCUT2D eigenvalue weighted by Crippen LogP contribution is -2.50. The number of nitrogens with two attached hydrogens (primary N) is 1. The summed E-state index contributed by atoms with van der Waals surface area (Å²) in [6.07, 6.45) is 3.04. The normalized spacial score (nSPS) is 19.7. The van der Waals surface area contributed by atoms with Crippen molar-refractivity contribution in [1.29, 1.82) is 0 Å². The van der Waals surface area contributed by atoms with Gasteiger partial charge in [-0.25, -0.2) is 0 Å². The number of benzene rings is 1. The van der Waals surface area contributed by atoms with Crippen LogP contribution in [-0.2, 0) is 0 Å². The Hall–Kier alpha value is -0.580. The molecule has 18 heavy (non-hydrogen) atoms. The van der Waals surface area contributed by atoms with Gasteiger partial charge in [-0.05, 0) is 67.5 Å². The fraction of sp³-hybridized carbons (Fsp3) is 0.571. The topological polar surface area (TPSA) is 38.5 Å². The predicted octanol–water partition coefficient (Wildman–Crippen LogP) is 2.64. The van der Waals surface area contributed by atoms with E-state index in [9.17, 15) is 0 Å². The Morgan fingerprint density at radius 2 is 2.00 bits per heavy atom. The van der Waals surface area contributed by atoms with Crippen molar-refractivity contribution in [2.24, 2.45) is 5.73 Å². The van der Waals surface area contributed by atoms with Crippen LogP contribution in [0.2, 0.25) is 0 Å². The molecule has 1 saturated heterocycles. The van der Waals surface area contributed by atoms with Crippen molar-refractivity contribution in [3.8, 4) is 5.75 Å². The van der Waals surface area contributed by atoms with Crippen LogP contribution in [0.4, 0.5) is 0 Å². The number of hydrogen-bond donors (Lipinski definition) is 1. The number of halogens is 1. The highest BCUT2D eigenvalue weighted by Gasteiger charge is 2.29. The van der Waals surface area contributed by atoms with E-state index in [1.165, 1.54) is 0 Å². The van der Waals surface area contributed by atoms with Crippen molar-refractivity contribution in [2.45, 2.75) is 24.8 Å². The highest BCUT2D eigenvalue weighted by Crippen LogP contribution is 2.26. The van der Waals surface area contributed by atoms with Crippen LogP contribution in [0.1, 0.15) is 19.3 Å². The van der Waals surface area contributed by atoms with E-state index in [1.807, 2.05) is 24.3 Å². The Morgan fingerprint density at radius 1 is 1.33 bits per heavy atom. The standard InChI is InChI=1S/C14H21BrN2O/c1-17-9-6-14(16,7-10-17)8-11-18-13-5-3-2-4-12(13)15/h2-5H,6-11,16H2,1H3. The zero-order valence-corrected chi connectivity index (χ0v) is 12.4. The summed E-state index contributed by atoms with van der Waals surface area (Å²) in [5.41, 5.74) is 6.36. The molecule has 1 heterocycles. The Labute approximate surface area is 117 Å². The Balaban J connectivity index is 1.80. The molecule has 1 aromatic carbocycles. The van der Waals surface area contributed by atoms with E-state index in [0.29, 0.717) is 6.61 Å². The predicted molar refractivity (Wildman–Crippen MR) is 77.9 cm³/mol. The van der Waals surface area contributed by atoms with Crippen LogP contribution < -0.4 is 10.5 Å². The summed E-state index contributed by atoms with van der Waals surface area (Å²) in [6, 6.07) is 7.93. The molecule has 0 unspecified atom stereocenters. The molecule has 0 spiro atoms. The number of para-hydroxylation sites is 1. The first kappa shape index (κ1) is 13.8. The Morgan fingerprint density at radius 3 is 2.67 bits per heavy atom. The number of ether oxygens (including phenoxy) is 1. The van der Waals surface area contributed by atoms with Gasteiger partial charge in [-0.15, -0.1) is 0 Å². The van der Waals surface area contributed by atoms with E-state index >= 15 is 0 Å². The van der Waals surface area contributed by atoms with Gasteiger partial charge in [0.15, 0.2) is 0 Å². The quantitative estimate of drug-likeness (QED) is 0.929. The first-order chi connectivity index (χ1) is 8.59. The molecule has 2 N–H and O–H groups in total. The van der Waals surface area contributed by atoms with E-state index < -0.39 is 0 Å². The van der Waals surface area contributed by atoms with Crippen molar-refractivity contribution >= 4 is 15.9 Å². The molecular weight excluding hydrogens is 292 g/mol. The maximum absolute atomic E-state index is 6.41. The summed E-state index contributed by atoms with van der Waals surface area (Å²) >= 11 is 3.48. The molecule has 0 bridgehead atoms. The average molecular weight is 313 g/mol. The van der Waals surface area contributed by atoms with Crippen molar-refractivity contribution in [2.75, 3.05) is 26.7 Å². The van der Waals surface area contributed by atoms with Crippen LogP contribution in [0.25, 0.3) is 0 Å². The van der Waals surface area contributed by atoms with Gasteiger partial charge in [-0.3, -0.25) is 0 Å². The fourth-order valence-electron chi connectivity index (χ4n) is 2.24. The monoisotopic (exact) mass is 312 g/mol. The lowest BCUT2D eigenvalue weighted by Gasteiger charge is -2.37. The SMILES string of the molecule is CN1CCC(N)(CCOc2ccccc2Br)CC1. The lowest BCUT2D eigenvalue weighted by atomic mass is 9.86. The molecule has 0 radical (unpaired) electrons. The average Bonchev–Trinajstić information content (AvgIpc) is 2.36. The molecule has 3 nitrogen and oxygen atoms in total. The van der Waals surface area contributed by atoms with Crippen LogP contribution in [0.15, 0.2) is 28.7 Å². The molecule has 0 saturated carbocycles. The first-order valence-electron chi connectivity index (χ1n) is 6.44. The second kappa shape index (κ2) is 6.04. The van der Waals surface area contributed by atoms with Crippen molar-refractivity contribution in [1.82, 2.24) is 4.90 Å². The summed E-state index contributed by atoms with van der Waals surface area (Å²) in [6.45, 7) is 2.86. The third-order valence-corrected chi connectivity index (χ3v) is 4.33. The van der Waals surface area contributed by atoms with E-state index in [2.05, 4.69) is 27.9 Å². The van der Waals surface area contributed by atoms with Crippen LogP contribution >= 0.6 is 15.9 Å². The van der Waals surface area contributed by atoms with Gasteiger partial charge in [0, 0.05) is 5.54 Å². The lowest BCUT2D eigenvalue weighted by molar-refractivity contribution is 0.159. The molecule has 0 atom stereocenters. The van der Waals surface area contributed by atoms with Gasteiger partial charge in [0.05, 0.1) is 11.1 Å². The molecule has 1 aromatic rings. The number of hydrogen-bond acceptors (Lipinski definition) is 3. The van der Waals surface area contributed by atoms with E-state index in [1.54, 1.807) is 0 Å². The van der Waals surface area contributed by atoms with Gasteiger partial charge in [-0.2, -0.15) is 0 Å². The summed E-state index contributed by atoms with van der Waals surface area (Å²) in [5.74, 6) is 0.897. The molecule has 1 fully saturated rings. The van der Waals surface area contributed by atoms with Crippen molar-refractivity contribution in [3.63, 3.8) is 0 Å². The molecular formula is C14H21BrN2O. The smallest absolute Gasteiger partial charge is 0.133 e. The first-order valence-corrected chi connectivity index (χ1v) is 7.23. The Kier molecular flexibility index (Phi) is 4.65. The minimum absolute atomic E-state index is 0.0479. The van der Waals surface area contributed by atoms with Crippen molar-refractivity contribution in [3.05, 3.63) is 28.7 Å². The maximum atomic E-state index is 6.41. The van der Waals surface area contributed by atoms with E-state index in [-0.39, 0.29) is 5.54 Å². The van der Waals surface area contributed by atoms with Gasteiger partial charge in [0.1, 0.15) is 5.75 Å². The van der Waals surface area contributed by atoms with E-state index in [4.69, 9.17) is 10.5 Å². The number of nitrogens with zero attached hydrogens (tertiary/aromatic N) is 1. The third kappa shape index (κ3) is 3.70. The fourth-order valence-corrected chi connectivity index (χ4v) is 2.64. The summed E-state index contributed by atoms with van der Waals surface area (Å²) in [7, 11) is 2.15. The molecule has 4 heteroatoms. The number of rotatable bonds is 4. The molecule has 0 aliphatic carbocycles. The highest BCUT2D eigenvalue weighted by atomic mass is 79.9. The van der Waals surface area contributed by atoms with Crippen LogP contribution in [-0.4, -0.2) is 37.2 Å². The maximum Gasteiger partial charge on any atom is 0.133 e. The largest absolute Gasteiger partial charge is 0.492 e. The van der Waals surface area contributed by atoms with Gasteiger partial charge >= 0.3 is 0 Å². The number of likely N-dealkylation sites (tertiary alicyclic amines) is 1. The van der Waals surface area contributed by atoms with Crippen LogP contribution in [0, 0.1) is 0 Å². The van der Waals surface area contributed by atoms with Gasteiger partial charge < -0.3 is 15.4 Å². The molecule has 0 aromatic heterocycles. The van der Waals surface area contributed by atoms with E-state index in [0.717, 1.165) is 42.6 Å². The summed E-state index contributed by atoms with van der Waals surface area (Å²) in [5, 5.41) is 0. The summed E-state index contributed by atoms with van der Waals surface area (Å²) in [4.78, 5) is 2.33. The molecule has 2 rings (SSSR count). The van der Waals surface area contributed by atoms with Gasteiger partial charge in [0.25, 0.3) is 0 Å². The van der Waals surface area contributed by atoms with Gasteiger partial charge in [-0.1, -0.05) is 12.1 Å². The van der Waals surface area contributed by atoms with Crippen LogP contribution in [0.3, 0.4) is 0 Å². The summed E-state index contributed by atoms with van der Waals surface area (Å²) < 4.78 is 6.79. The van der Waals surface area contributed by atoms with Crippen molar-refractivity contribution < 1.29 is 4.74 Å². The second-order valence-electron chi connectivity index (χ2n) is 5.19. The Bertz CT molecular complexity index is 389. The van der Waals surface area contributed by atoms with Gasteiger partial charge in [0.2, 0.25) is 0 Å². The molecule has 1 aliphatic heterocycles. The number of piperidine rings is 1.